The lowest BCUT2D eigenvalue weighted by Crippen LogP contribution is -2.42. The molecule has 2 amide bonds. The Kier molecular flexibility index (Phi) is 10.2. The number of unbranched alkanes of at least 4 members (excludes halogenated alkanes) is 1. The summed E-state index contributed by atoms with van der Waals surface area (Å²) in [6.45, 7) is 2.46. The number of esters is 1. The van der Waals surface area contributed by atoms with Gasteiger partial charge >= 0.3 is 5.97 Å². The molecule has 0 aliphatic carbocycles. The molecule has 0 spiro atoms. The molecule has 29 heavy (non-hydrogen) atoms. The number of carbonyl (C=O) groups excluding carboxylic acids is 3. The van der Waals surface area contributed by atoms with Gasteiger partial charge in [-0.05, 0) is 44.1 Å². The number of rotatable bonds is 12. The predicted molar refractivity (Wildman–Crippen MR) is 111 cm³/mol. The topological polar surface area (TPSA) is 102 Å². The van der Waals surface area contributed by atoms with Crippen molar-refractivity contribution in [1.29, 1.82) is 0 Å². The second kappa shape index (κ2) is 12.9. The van der Waals surface area contributed by atoms with Crippen LogP contribution in [0.5, 0.6) is 0 Å². The minimum Gasteiger partial charge on any atom is -0.461 e. The molecule has 0 saturated carbocycles. The molecule has 0 radical (unpaired) electrons. The van der Waals surface area contributed by atoms with Crippen molar-refractivity contribution in [1.82, 2.24) is 10.2 Å². The number of carbonyl (C=O) groups is 3. The van der Waals surface area contributed by atoms with E-state index in [1.165, 1.54) is 0 Å². The number of benzene rings is 1. The second-order valence-corrected chi connectivity index (χ2v) is 7.48. The Morgan fingerprint density at radius 3 is 2.48 bits per heavy atom. The molecule has 1 saturated heterocycles. The molecule has 160 valence electrons. The lowest BCUT2D eigenvalue weighted by atomic mass is 10.1. The van der Waals surface area contributed by atoms with E-state index in [0.29, 0.717) is 25.8 Å². The number of ether oxygens (including phenoxy) is 1. The van der Waals surface area contributed by atoms with Crippen molar-refractivity contribution in [3.8, 4) is 0 Å². The third-order valence-corrected chi connectivity index (χ3v) is 5.03. The Bertz CT molecular complexity index is 645. The largest absolute Gasteiger partial charge is 0.461 e. The quantitative estimate of drug-likeness (QED) is 0.411. The molecule has 1 aliphatic rings. The van der Waals surface area contributed by atoms with E-state index in [4.69, 9.17) is 10.5 Å². The lowest BCUT2D eigenvalue weighted by molar-refractivity contribution is -0.145. The van der Waals surface area contributed by atoms with Crippen LogP contribution in [0.1, 0.15) is 56.9 Å². The van der Waals surface area contributed by atoms with Gasteiger partial charge in [-0.3, -0.25) is 14.4 Å². The van der Waals surface area contributed by atoms with Gasteiger partial charge in [0, 0.05) is 32.5 Å². The number of likely N-dealkylation sites (tertiary alicyclic amines) is 1. The van der Waals surface area contributed by atoms with E-state index in [1.54, 1.807) is 0 Å². The highest BCUT2D eigenvalue weighted by molar-refractivity contribution is 5.81. The van der Waals surface area contributed by atoms with Crippen LogP contribution in [-0.4, -0.2) is 48.4 Å². The average Bonchev–Trinajstić information content (AvgIpc) is 3.27. The number of amides is 2. The molecule has 0 aromatic heterocycles. The van der Waals surface area contributed by atoms with E-state index in [2.05, 4.69) is 5.32 Å². The fourth-order valence-corrected chi connectivity index (χ4v) is 3.30. The van der Waals surface area contributed by atoms with Crippen LogP contribution in [0.4, 0.5) is 0 Å². The number of nitrogens with one attached hydrogen (secondary N) is 1. The number of nitrogens with zero attached hydrogens (tertiary/aromatic N) is 1. The third kappa shape index (κ3) is 9.09. The van der Waals surface area contributed by atoms with Crippen molar-refractivity contribution in [3.05, 3.63) is 35.9 Å². The van der Waals surface area contributed by atoms with Gasteiger partial charge in [0.05, 0.1) is 6.04 Å². The monoisotopic (exact) mass is 403 g/mol. The van der Waals surface area contributed by atoms with Gasteiger partial charge in [0.25, 0.3) is 0 Å². The standard InChI is InChI=1S/C22H33N3O4/c23-19(22(28)25-15-6-7-16-25)11-4-5-14-24-20(26)12-8-13-21(27)29-17-18-9-2-1-3-10-18/h1-3,9-10,19H,4-8,11-17,23H2,(H,24,26)/t19-/m0/s1. The average molecular weight is 404 g/mol. The zero-order valence-corrected chi connectivity index (χ0v) is 17.1. The fourth-order valence-electron chi connectivity index (χ4n) is 3.30. The van der Waals surface area contributed by atoms with Crippen molar-refractivity contribution >= 4 is 17.8 Å². The van der Waals surface area contributed by atoms with Crippen LogP contribution in [0.2, 0.25) is 0 Å². The number of nitrogens with two attached hydrogens (primary N) is 1. The van der Waals surface area contributed by atoms with E-state index >= 15 is 0 Å². The van der Waals surface area contributed by atoms with Gasteiger partial charge in [-0.15, -0.1) is 0 Å². The summed E-state index contributed by atoms with van der Waals surface area (Å²) < 4.78 is 5.19. The highest BCUT2D eigenvalue weighted by Crippen LogP contribution is 2.11. The normalized spacial score (nSPS) is 14.4. The number of hydrogen-bond acceptors (Lipinski definition) is 5. The molecule has 0 bridgehead atoms. The summed E-state index contributed by atoms with van der Waals surface area (Å²) in [5.41, 5.74) is 6.92. The maximum atomic E-state index is 12.1. The van der Waals surface area contributed by atoms with E-state index in [1.807, 2.05) is 35.2 Å². The summed E-state index contributed by atoms with van der Waals surface area (Å²) in [6.07, 6.45) is 5.34. The summed E-state index contributed by atoms with van der Waals surface area (Å²) in [4.78, 5) is 37.5. The Hall–Kier alpha value is -2.41. The first-order valence-electron chi connectivity index (χ1n) is 10.6. The zero-order chi connectivity index (χ0) is 20.9. The van der Waals surface area contributed by atoms with Crippen molar-refractivity contribution in [2.45, 2.75) is 64.0 Å². The molecule has 1 aromatic rings. The number of hydrogen-bond donors (Lipinski definition) is 2. The highest BCUT2D eigenvalue weighted by atomic mass is 16.5. The third-order valence-electron chi connectivity index (χ3n) is 5.03. The maximum absolute atomic E-state index is 12.1. The molecule has 0 unspecified atom stereocenters. The van der Waals surface area contributed by atoms with Crippen LogP contribution < -0.4 is 11.1 Å². The van der Waals surface area contributed by atoms with Gasteiger partial charge in [-0.2, -0.15) is 0 Å². The molecular formula is C22H33N3O4. The fraction of sp³-hybridized carbons (Fsp3) is 0.591. The van der Waals surface area contributed by atoms with Gasteiger partial charge in [0.1, 0.15) is 6.61 Å². The van der Waals surface area contributed by atoms with Crippen molar-refractivity contribution in [2.24, 2.45) is 5.73 Å². The highest BCUT2D eigenvalue weighted by Gasteiger charge is 2.23. The summed E-state index contributed by atoms with van der Waals surface area (Å²) in [5, 5.41) is 2.85. The Balaban J connectivity index is 1.45. The molecule has 1 atom stereocenters. The van der Waals surface area contributed by atoms with Crippen molar-refractivity contribution in [3.63, 3.8) is 0 Å². The summed E-state index contributed by atoms with van der Waals surface area (Å²) in [7, 11) is 0. The van der Waals surface area contributed by atoms with Gasteiger partial charge in [-0.25, -0.2) is 0 Å². The van der Waals surface area contributed by atoms with Crippen LogP contribution in [0, 0.1) is 0 Å². The minimum absolute atomic E-state index is 0.0469. The van der Waals surface area contributed by atoms with Gasteiger partial charge in [0.15, 0.2) is 0 Å². The molecule has 3 N–H and O–H groups in total. The summed E-state index contributed by atoms with van der Waals surface area (Å²) in [5.74, 6) is -0.317. The minimum atomic E-state index is -0.439. The Morgan fingerprint density at radius 2 is 1.76 bits per heavy atom. The predicted octanol–water partition coefficient (Wildman–Crippen LogP) is 2.14. The summed E-state index contributed by atoms with van der Waals surface area (Å²) >= 11 is 0. The summed E-state index contributed by atoms with van der Waals surface area (Å²) in [6, 6.07) is 9.06. The van der Waals surface area contributed by atoms with Crippen LogP contribution in [0.15, 0.2) is 30.3 Å². The van der Waals surface area contributed by atoms with Gasteiger partial charge in [0.2, 0.25) is 11.8 Å². The van der Waals surface area contributed by atoms with Gasteiger partial charge < -0.3 is 20.7 Å². The first-order valence-corrected chi connectivity index (χ1v) is 10.6. The first-order chi connectivity index (χ1) is 14.1. The maximum Gasteiger partial charge on any atom is 0.306 e. The molecule has 1 aliphatic heterocycles. The van der Waals surface area contributed by atoms with E-state index in [0.717, 1.165) is 44.3 Å². The van der Waals surface area contributed by atoms with E-state index < -0.39 is 6.04 Å². The smallest absolute Gasteiger partial charge is 0.306 e. The molecule has 1 aromatic carbocycles. The van der Waals surface area contributed by atoms with Crippen LogP contribution in [0.25, 0.3) is 0 Å². The molecule has 7 nitrogen and oxygen atoms in total. The van der Waals surface area contributed by atoms with E-state index in [9.17, 15) is 14.4 Å². The van der Waals surface area contributed by atoms with Crippen molar-refractivity contribution < 1.29 is 19.1 Å². The van der Waals surface area contributed by atoms with Crippen LogP contribution >= 0.6 is 0 Å². The van der Waals surface area contributed by atoms with E-state index in [-0.39, 0.29) is 30.8 Å². The molecule has 7 heteroatoms. The lowest BCUT2D eigenvalue weighted by Gasteiger charge is -2.20. The second-order valence-electron chi connectivity index (χ2n) is 7.48. The van der Waals surface area contributed by atoms with Crippen LogP contribution in [0.3, 0.4) is 0 Å². The first kappa shape index (κ1) is 22.9. The molecule has 1 fully saturated rings. The molecule has 2 rings (SSSR count). The SMILES string of the molecule is N[C@@H](CCCCNC(=O)CCCC(=O)OCc1ccccc1)C(=O)N1CCCC1. The van der Waals surface area contributed by atoms with Gasteiger partial charge in [-0.1, -0.05) is 30.3 Å². The molecular weight excluding hydrogens is 370 g/mol. The zero-order valence-electron chi connectivity index (χ0n) is 17.1. The van der Waals surface area contributed by atoms with Crippen LogP contribution in [-0.2, 0) is 25.7 Å². The molecule has 1 heterocycles. The Labute approximate surface area is 173 Å². The Morgan fingerprint density at radius 1 is 1.03 bits per heavy atom. The van der Waals surface area contributed by atoms with Crippen molar-refractivity contribution in [2.75, 3.05) is 19.6 Å².